The molecule has 0 aliphatic rings. The Kier molecular flexibility index (Phi) is 20.2. The van der Waals surface area contributed by atoms with Crippen LogP contribution in [0.1, 0.15) is 12.8 Å². The van der Waals surface area contributed by atoms with Gasteiger partial charge in [0.05, 0.1) is 13.2 Å². The van der Waals surface area contributed by atoms with E-state index in [1.807, 2.05) is 0 Å². The summed E-state index contributed by atoms with van der Waals surface area (Å²) < 4.78 is 9.18. The molecule has 0 atom stereocenters. The fourth-order valence-electron chi connectivity index (χ4n) is 0.371. The molecule has 3 nitrogen and oxygen atoms in total. The highest BCUT2D eigenvalue weighted by Gasteiger charge is 1.82. The van der Waals surface area contributed by atoms with Crippen LogP contribution >= 0.6 is 0 Å². The van der Waals surface area contributed by atoms with Crippen molar-refractivity contribution in [1.82, 2.24) is 0 Å². The Hall–Kier alpha value is -0.120. The molecule has 0 aromatic carbocycles. The number of unbranched alkanes of at least 4 members (excludes halogenated alkanes) is 1. The minimum absolute atomic E-state index is 0.122. The fourth-order valence-corrected chi connectivity index (χ4v) is 0.371. The number of hydrogen-bond donors (Lipinski definition) is 1. The van der Waals surface area contributed by atoms with Crippen molar-refractivity contribution < 1.29 is 14.6 Å². The Bertz CT molecular complexity index is 42.6. The SMILES string of the molecule is COC.[CH2]CCCOCCO. The fraction of sp³-hybridized carbons (Fsp3) is 0.875. The zero-order valence-corrected chi connectivity index (χ0v) is 7.51. The molecule has 0 saturated heterocycles. The van der Waals surface area contributed by atoms with Crippen LogP contribution in [0, 0.1) is 6.92 Å². The van der Waals surface area contributed by atoms with E-state index in [9.17, 15) is 0 Å². The highest BCUT2D eigenvalue weighted by Crippen LogP contribution is 1.85. The maximum absolute atomic E-state index is 8.22. The molecular formula is C8H19O3. The third-order valence-electron chi connectivity index (χ3n) is 0.774. The molecule has 1 radical (unpaired) electrons. The Morgan fingerprint density at radius 3 is 2.18 bits per heavy atom. The van der Waals surface area contributed by atoms with Crippen LogP contribution in [0.3, 0.4) is 0 Å². The average molecular weight is 163 g/mol. The van der Waals surface area contributed by atoms with Crippen LogP contribution in [0.4, 0.5) is 0 Å². The molecule has 0 fully saturated rings. The number of aliphatic hydroxyl groups excluding tert-OH is 1. The smallest absolute Gasteiger partial charge is 0.0697 e. The molecule has 69 valence electrons. The minimum atomic E-state index is 0.122. The van der Waals surface area contributed by atoms with Gasteiger partial charge in [-0.25, -0.2) is 0 Å². The van der Waals surface area contributed by atoms with Crippen LogP contribution in [0.5, 0.6) is 0 Å². The van der Waals surface area contributed by atoms with Crippen LogP contribution in [0.25, 0.3) is 0 Å². The van der Waals surface area contributed by atoms with Gasteiger partial charge in [0.1, 0.15) is 0 Å². The molecule has 0 aliphatic carbocycles. The molecule has 0 bridgehead atoms. The Morgan fingerprint density at radius 2 is 1.82 bits per heavy atom. The molecule has 11 heavy (non-hydrogen) atoms. The van der Waals surface area contributed by atoms with Crippen molar-refractivity contribution in [2.24, 2.45) is 0 Å². The van der Waals surface area contributed by atoms with E-state index in [0.717, 1.165) is 19.4 Å². The van der Waals surface area contributed by atoms with Crippen LogP contribution in [0.2, 0.25) is 0 Å². The predicted molar refractivity (Wildman–Crippen MR) is 45.4 cm³/mol. The molecule has 0 unspecified atom stereocenters. The number of ether oxygens (including phenoxy) is 2. The first-order valence-corrected chi connectivity index (χ1v) is 3.71. The summed E-state index contributed by atoms with van der Waals surface area (Å²) in [6, 6.07) is 0. The maximum Gasteiger partial charge on any atom is 0.0697 e. The van der Waals surface area contributed by atoms with Crippen LogP contribution < -0.4 is 0 Å². The molecule has 1 N–H and O–H groups in total. The summed E-state index contributed by atoms with van der Waals surface area (Å²) in [5.74, 6) is 0. The normalized spacial score (nSPS) is 8.73. The van der Waals surface area contributed by atoms with Gasteiger partial charge in [0.15, 0.2) is 0 Å². The van der Waals surface area contributed by atoms with Gasteiger partial charge in [-0.15, -0.1) is 0 Å². The molecule has 0 spiro atoms. The van der Waals surface area contributed by atoms with Crippen molar-refractivity contribution in [2.75, 3.05) is 34.0 Å². The summed E-state index contributed by atoms with van der Waals surface area (Å²) in [5, 5.41) is 8.22. The molecule has 0 heterocycles. The number of hydrogen-bond acceptors (Lipinski definition) is 3. The highest BCUT2D eigenvalue weighted by atomic mass is 16.5. The van der Waals surface area contributed by atoms with Crippen molar-refractivity contribution in [1.29, 1.82) is 0 Å². The lowest BCUT2D eigenvalue weighted by Crippen LogP contribution is -1.99. The Balaban J connectivity index is 0. The second kappa shape index (κ2) is 16.5. The molecular weight excluding hydrogens is 144 g/mol. The summed E-state index contributed by atoms with van der Waals surface area (Å²) in [5.41, 5.74) is 0. The molecule has 0 amide bonds. The average Bonchev–Trinajstić information content (AvgIpc) is 2.00. The molecule has 0 aliphatic heterocycles. The number of methoxy groups -OCH3 is 1. The lowest BCUT2D eigenvalue weighted by molar-refractivity contribution is 0.0911. The van der Waals surface area contributed by atoms with Gasteiger partial charge in [-0.2, -0.15) is 0 Å². The van der Waals surface area contributed by atoms with Crippen molar-refractivity contribution in [2.45, 2.75) is 12.8 Å². The Morgan fingerprint density at radius 1 is 1.27 bits per heavy atom. The summed E-state index contributed by atoms with van der Waals surface area (Å²) in [6.07, 6.45) is 1.89. The minimum Gasteiger partial charge on any atom is -0.394 e. The standard InChI is InChI=1S/C6H13O2.C2H6O/c1-2-3-5-8-6-4-7;1-3-2/h7H,1-6H2;1-2H3. The molecule has 0 rings (SSSR count). The van der Waals surface area contributed by atoms with Gasteiger partial charge in [0.25, 0.3) is 0 Å². The van der Waals surface area contributed by atoms with E-state index >= 15 is 0 Å². The van der Waals surface area contributed by atoms with Gasteiger partial charge >= 0.3 is 0 Å². The van der Waals surface area contributed by atoms with E-state index in [0.29, 0.717) is 6.61 Å². The van der Waals surface area contributed by atoms with E-state index < -0.39 is 0 Å². The third-order valence-corrected chi connectivity index (χ3v) is 0.774. The predicted octanol–water partition coefficient (Wildman–Crippen LogP) is 0.872. The molecule has 0 saturated carbocycles. The van der Waals surface area contributed by atoms with Gasteiger partial charge in [-0.1, -0.05) is 13.3 Å². The summed E-state index contributed by atoms with van der Waals surface area (Å²) in [4.78, 5) is 0. The van der Waals surface area contributed by atoms with Crippen LogP contribution in [-0.2, 0) is 9.47 Å². The van der Waals surface area contributed by atoms with E-state index in [2.05, 4.69) is 11.7 Å². The van der Waals surface area contributed by atoms with Gasteiger partial charge in [-0.05, 0) is 6.42 Å². The van der Waals surface area contributed by atoms with Crippen LogP contribution in [-0.4, -0.2) is 39.1 Å². The largest absolute Gasteiger partial charge is 0.394 e. The zero-order chi connectivity index (χ0) is 8.95. The van der Waals surface area contributed by atoms with Gasteiger partial charge in [-0.3, -0.25) is 0 Å². The summed E-state index contributed by atoms with van der Waals surface area (Å²) >= 11 is 0. The van der Waals surface area contributed by atoms with Crippen molar-refractivity contribution in [3.8, 4) is 0 Å². The van der Waals surface area contributed by atoms with Crippen molar-refractivity contribution in [3.05, 3.63) is 6.92 Å². The van der Waals surface area contributed by atoms with Gasteiger partial charge < -0.3 is 14.6 Å². The van der Waals surface area contributed by atoms with E-state index in [4.69, 9.17) is 9.84 Å². The second-order valence-electron chi connectivity index (χ2n) is 1.95. The zero-order valence-electron chi connectivity index (χ0n) is 7.51. The summed E-state index contributed by atoms with van der Waals surface area (Å²) in [7, 11) is 3.25. The van der Waals surface area contributed by atoms with Gasteiger partial charge in [0.2, 0.25) is 0 Å². The van der Waals surface area contributed by atoms with Crippen LogP contribution in [0.15, 0.2) is 0 Å². The number of rotatable bonds is 5. The maximum atomic E-state index is 8.22. The van der Waals surface area contributed by atoms with Crippen molar-refractivity contribution >= 4 is 0 Å². The lowest BCUT2D eigenvalue weighted by atomic mass is 10.4. The van der Waals surface area contributed by atoms with E-state index in [1.165, 1.54) is 0 Å². The first-order chi connectivity index (χ1) is 5.33. The van der Waals surface area contributed by atoms with E-state index in [-0.39, 0.29) is 6.61 Å². The monoisotopic (exact) mass is 163 g/mol. The van der Waals surface area contributed by atoms with E-state index in [1.54, 1.807) is 14.2 Å². The summed E-state index contributed by atoms with van der Waals surface area (Å²) in [6.45, 7) is 4.95. The lowest BCUT2D eigenvalue weighted by Gasteiger charge is -1.97. The molecule has 0 aromatic heterocycles. The first-order valence-electron chi connectivity index (χ1n) is 3.71. The third kappa shape index (κ3) is 25.8. The first kappa shape index (κ1) is 13.5. The topological polar surface area (TPSA) is 38.7 Å². The van der Waals surface area contributed by atoms with Crippen molar-refractivity contribution in [3.63, 3.8) is 0 Å². The second-order valence-corrected chi connectivity index (χ2v) is 1.95. The highest BCUT2D eigenvalue weighted by molar-refractivity contribution is 4.38. The Labute approximate surface area is 69.3 Å². The molecule has 3 heteroatoms. The van der Waals surface area contributed by atoms with Gasteiger partial charge in [0, 0.05) is 20.8 Å². The quantitative estimate of drug-likeness (QED) is 0.611. The molecule has 0 aromatic rings. The number of aliphatic hydroxyl groups is 1.